The molecule has 6 fully saturated rings. The lowest BCUT2D eigenvalue weighted by Crippen LogP contribution is -2.64. The molecule has 101 heavy (non-hydrogen) atoms. The zero-order valence-corrected chi connectivity index (χ0v) is 58.9. The van der Waals surface area contributed by atoms with Crippen LogP contribution in [0.4, 0.5) is 5.69 Å². The molecule has 10 rings (SSSR count). The quantitative estimate of drug-likeness (QED) is 0.0179. The number of aliphatic hydroxyl groups excluding tert-OH is 6. The molecule has 31 nitrogen and oxygen atoms in total. The number of aromatic nitrogens is 2. The highest BCUT2D eigenvalue weighted by atomic mass is 32.2. The average molecular weight is 1450 g/mol. The van der Waals surface area contributed by atoms with E-state index in [1.54, 1.807) is 19.1 Å². The Labute approximate surface area is 594 Å². The third-order valence-corrected chi connectivity index (χ3v) is 21.9. The minimum atomic E-state index is -2.11. The molecule has 4 aromatic rings. The van der Waals surface area contributed by atoms with Gasteiger partial charge < -0.3 is 91.0 Å². The first kappa shape index (κ1) is 76.4. The third-order valence-electron chi connectivity index (χ3n) is 20.5. The molecule has 6 heterocycles. The summed E-state index contributed by atoms with van der Waals surface area (Å²) >= 11 is 1.41. The molecular formula is C68H95N13O18S2. The molecule has 6 aliphatic rings. The molecule has 5 aliphatic heterocycles. The smallest absolute Gasteiger partial charge is 0.261 e. The van der Waals surface area contributed by atoms with Gasteiger partial charge in [0, 0.05) is 118 Å². The molecule has 7 amide bonds. The van der Waals surface area contributed by atoms with Gasteiger partial charge >= 0.3 is 0 Å². The molecule has 1 aromatic heterocycles. The molecule has 0 spiro atoms. The van der Waals surface area contributed by atoms with E-state index < -0.39 is 164 Å². The molecule has 0 unspecified atom stereocenters. The fourth-order valence-corrected chi connectivity index (χ4v) is 15.5. The molecule has 5 saturated heterocycles. The highest BCUT2D eigenvalue weighted by Crippen LogP contribution is 2.35. The minimum Gasteiger partial charge on any atom is -0.870 e. The Kier molecular flexibility index (Phi) is 26.0. The topological polar surface area (TPSA) is 423 Å². The number of fused-ring (bicyclic) bond motifs is 2. The van der Waals surface area contributed by atoms with E-state index in [2.05, 4.69) is 94.4 Å². The number of hydrogen-bond acceptors (Lipinski definition) is 25. The predicted octanol–water partition coefficient (Wildman–Crippen LogP) is -0.823. The van der Waals surface area contributed by atoms with Gasteiger partial charge in [0.2, 0.25) is 35.4 Å². The number of carbonyl (C=O) groups is 7. The number of nitrogens with zero attached hydrogens (tertiary/aromatic N) is 7. The Morgan fingerprint density at radius 2 is 1.38 bits per heavy atom. The van der Waals surface area contributed by atoms with Crippen molar-refractivity contribution in [1.29, 1.82) is 0 Å². The summed E-state index contributed by atoms with van der Waals surface area (Å²) in [6.45, 7) is 9.37. The van der Waals surface area contributed by atoms with Crippen LogP contribution in [0.25, 0.3) is 21.1 Å². The van der Waals surface area contributed by atoms with E-state index in [1.807, 2.05) is 12.1 Å². The molecule has 1 saturated carbocycles. The van der Waals surface area contributed by atoms with Crippen LogP contribution in [-0.4, -0.2) is 271 Å². The maximum Gasteiger partial charge on any atom is 0.261 e. The number of piperidine rings is 1. The number of carbonyl (C=O) groups excluding carboxylic acids is 7. The molecule has 13 N–H and O–H groups in total. The SMILES string of the molecule is CC1CCC(N2CCN(c3ccc(-c4nnc(-c5ccc(C(=O)N[C@H]6C[C@H](O)CNC(=O)[C@@H]7[C@@H](O)[C@H](C)CN7C(=O)[C@H]([C@H](O)CCNC7CC[N+](C)(C)CC7)NC(=O)[C@H]([C@H](O)Cc7ccc([O-])c(OSOOO)c7)NC(=O)[C@@H]7C[C@H](O)CN7C(=O)[C@H]([C@H](C)O)NC6=O)cc5)s4)cc3)CC2)CC1. The summed E-state index contributed by atoms with van der Waals surface area (Å²) in [6, 6.07) is 7.55. The van der Waals surface area contributed by atoms with E-state index in [1.165, 1.54) is 55.2 Å². The predicted molar refractivity (Wildman–Crippen MR) is 367 cm³/mol. The molecule has 13 atom stereocenters. The Hall–Kier alpha value is -7.22. The minimum absolute atomic E-state index is 0.0419. The van der Waals surface area contributed by atoms with Gasteiger partial charge in [-0.05, 0) is 99.5 Å². The van der Waals surface area contributed by atoms with Gasteiger partial charge in [0.25, 0.3) is 18.2 Å². The van der Waals surface area contributed by atoms with Gasteiger partial charge in [-0.15, -0.1) is 10.2 Å². The van der Waals surface area contributed by atoms with Gasteiger partial charge in [-0.2, -0.15) is 0 Å². The van der Waals surface area contributed by atoms with Crippen molar-refractivity contribution >= 4 is 70.7 Å². The number of rotatable bonds is 19. The average Bonchev–Trinajstić information content (AvgIpc) is 1.69. The van der Waals surface area contributed by atoms with Gasteiger partial charge in [0.15, 0.2) is 0 Å². The lowest BCUT2D eigenvalue weighted by molar-refractivity contribution is -0.895. The second-order valence-electron chi connectivity index (χ2n) is 28.4. The summed E-state index contributed by atoms with van der Waals surface area (Å²) in [6.07, 6.45) is -5.30. The van der Waals surface area contributed by atoms with Gasteiger partial charge in [-0.3, -0.25) is 38.5 Å². The van der Waals surface area contributed by atoms with E-state index in [4.69, 9.17) is 9.44 Å². The lowest BCUT2D eigenvalue weighted by Gasteiger charge is -2.42. The first-order chi connectivity index (χ1) is 48.2. The molecule has 0 bridgehead atoms. The van der Waals surface area contributed by atoms with E-state index in [-0.39, 0.29) is 49.0 Å². The number of nitrogens with one attached hydrogen (secondary N) is 6. The second-order valence-corrected chi connectivity index (χ2v) is 29.9. The van der Waals surface area contributed by atoms with E-state index in [9.17, 15) is 59.7 Å². The van der Waals surface area contributed by atoms with Crippen molar-refractivity contribution < 1.29 is 92.6 Å². The van der Waals surface area contributed by atoms with Crippen LogP contribution in [0.2, 0.25) is 0 Å². The number of benzene rings is 3. The number of hydrogen-bond donors (Lipinski definition) is 13. The summed E-state index contributed by atoms with van der Waals surface area (Å²) < 4.78 is 10.2. The molecule has 0 radical (unpaired) electrons. The molecule has 552 valence electrons. The number of β-amino-alcohol motifs (C(OH)–C–C–N with tert-alkyl or cyclic N) is 1. The standard InChI is InChI=1S/C68H95N13O18S2/c1-37-6-15-45(16-7-37)77-24-26-78(27-25-77)46-17-13-43(14-18-46)66-76-75-65(100-66)42-11-9-41(10-12-42)60(89)71-49-32-47(83)34-70-64(93)58-59(88)38(2)35-80(58)68(95)57(52(86)20-23-69-44-21-28-81(4,5)29-22-44)74-63(92)56(53(87)30-40-8-19-51(85)54(31-40)97-101-99-98-96)73-62(91)50-33-48(84)36-79(50)67(94)55(39(3)82)72-61(49)90/h8-14,17-19,31,37-39,44-45,47-50,52-53,55-59,69,82-84,86-88H,6-7,15-16,20-30,32-36H2,1-5H3,(H6-,70,71,72,73,74,85,89,90,91,92,93,96)/t37?,38-,39+,45?,47+,48+,49+,50+,52-,53-,55+,56+,57+,58+,59+/m1/s1. The molecular weight excluding hydrogens is 1350 g/mol. The number of anilines is 1. The van der Waals surface area contributed by atoms with Crippen molar-refractivity contribution in [3.8, 4) is 32.6 Å². The largest absolute Gasteiger partial charge is 0.870 e. The van der Waals surface area contributed by atoms with Crippen LogP contribution in [0, 0.1) is 11.8 Å². The maximum atomic E-state index is 15.2. The van der Waals surface area contributed by atoms with Gasteiger partial charge in [0.05, 0.1) is 63.8 Å². The normalized spacial score (nSPS) is 28.7. The highest BCUT2D eigenvalue weighted by Gasteiger charge is 2.50. The van der Waals surface area contributed by atoms with E-state index >= 15 is 9.59 Å². The molecule has 3 aromatic carbocycles. The number of likely N-dealkylation sites (tertiary alicyclic amines) is 1. The number of piperazine rings is 1. The number of aliphatic hydroxyl groups is 6. The van der Waals surface area contributed by atoms with Crippen LogP contribution in [0.5, 0.6) is 11.5 Å². The van der Waals surface area contributed by atoms with Gasteiger partial charge in [-0.1, -0.05) is 64.6 Å². The van der Waals surface area contributed by atoms with Crippen LogP contribution in [-0.2, 0) is 44.6 Å². The Morgan fingerprint density at radius 1 is 0.743 bits per heavy atom. The summed E-state index contributed by atoms with van der Waals surface area (Å²) in [5.41, 5.74) is 2.79. The molecule has 1 aliphatic carbocycles. The summed E-state index contributed by atoms with van der Waals surface area (Å²) in [7, 11) is 4.23. The van der Waals surface area contributed by atoms with Gasteiger partial charge in [0.1, 0.15) is 52.0 Å². The van der Waals surface area contributed by atoms with Crippen molar-refractivity contribution in [2.24, 2.45) is 11.8 Å². The first-order valence-corrected chi connectivity index (χ1v) is 36.1. The monoisotopic (exact) mass is 1450 g/mol. The van der Waals surface area contributed by atoms with Crippen LogP contribution in [0.15, 0.2) is 66.7 Å². The van der Waals surface area contributed by atoms with Gasteiger partial charge in [-0.25, -0.2) is 5.26 Å². The zero-order chi connectivity index (χ0) is 72.4. The molecule has 33 heteroatoms. The summed E-state index contributed by atoms with van der Waals surface area (Å²) in [4.78, 5) is 110. The summed E-state index contributed by atoms with van der Waals surface area (Å²) in [5, 5.41) is 121. The third kappa shape index (κ3) is 19.4. The Morgan fingerprint density at radius 3 is 2.03 bits per heavy atom. The number of quaternary nitrogens is 1. The van der Waals surface area contributed by atoms with Crippen LogP contribution in [0.1, 0.15) is 94.5 Å². The Bertz CT molecular complexity index is 3500. The van der Waals surface area contributed by atoms with Crippen molar-refractivity contribution in [2.75, 3.05) is 84.4 Å². The van der Waals surface area contributed by atoms with Crippen molar-refractivity contribution in [1.82, 2.24) is 56.8 Å². The van der Waals surface area contributed by atoms with Crippen molar-refractivity contribution in [2.45, 2.75) is 170 Å². The van der Waals surface area contributed by atoms with Crippen LogP contribution >= 0.6 is 23.7 Å². The number of amides is 7. The van der Waals surface area contributed by atoms with Crippen molar-refractivity contribution in [3.63, 3.8) is 0 Å². The van der Waals surface area contributed by atoms with Crippen LogP contribution in [0.3, 0.4) is 0 Å². The van der Waals surface area contributed by atoms with Crippen molar-refractivity contribution in [3.05, 3.63) is 77.9 Å². The summed E-state index contributed by atoms with van der Waals surface area (Å²) in [5.74, 6) is -8.67. The maximum absolute atomic E-state index is 15.2. The van der Waals surface area contributed by atoms with E-state index in [0.29, 0.717) is 21.6 Å². The lowest BCUT2D eigenvalue weighted by atomic mass is 9.86. The Balaban J connectivity index is 0.894. The highest BCUT2D eigenvalue weighted by molar-refractivity contribution is 7.90. The second kappa shape index (κ2) is 34.4. The fraction of sp³-hybridized carbons (Fsp3) is 0.603. The van der Waals surface area contributed by atoms with E-state index in [0.717, 1.165) is 103 Å². The first-order valence-electron chi connectivity index (χ1n) is 34.6. The fourth-order valence-electron chi connectivity index (χ4n) is 14.4. The van der Waals surface area contributed by atoms with Crippen LogP contribution < -0.4 is 46.1 Å². The zero-order valence-electron chi connectivity index (χ0n) is 57.3.